The van der Waals surface area contributed by atoms with Crippen molar-refractivity contribution in [2.75, 3.05) is 31.6 Å². The van der Waals surface area contributed by atoms with Crippen LogP contribution in [0.5, 0.6) is 5.75 Å². The second-order valence-electron chi connectivity index (χ2n) is 5.77. The third-order valence-corrected chi connectivity index (χ3v) is 4.01. The summed E-state index contributed by atoms with van der Waals surface area (Å²) in [5.74, 6) is 1.12. The van der Waals surface area contributed by atoms with Gasteiger partial charge in [0.1, 0.15) is 5.75 Å². The Hall–Kier alpha value is -1.75. The van der Waals surface area contributed by atoms with Gasteiger partial charge < -0.3 is 20.1 Å². The minimum Gasteiger partial charge on any atom is -0.494 e. The number of urea groups is 1. The van der Waals surface area contributed by atoms with Gasteiger partial charge in [-0.25, -0.2) is 4.79 Å². The molecule has 122 valence electrons. The predicted octanol–water partition coefficient (Wildman–Crippen LogP) is 3.10. The van der Waals surface area contributed by atoms with Crippen LogP contribution < -0.4 is 10.1 Å². The molecular weight excluding hydrogens is 280 g/mol. The molecule has 2 rings (SSSR count). The molecule has 0 aliphatic carbocycles. The average molecular weight is 306 g/mol. The molecule has 5 heteroatoms. The van der Waals surface area contributed by atoms with Crippen molar-refractivity contribution in [3.8, 4) is 5.75 Å². The van der Waals surface area contributed by atoms with E-state index in [4.69, 9.17) is 9.84 Å². The van der Waals surface area contributed by atoms with Gasteiger partial charge in [-0.15, -0.1) is 0 Å². The van der Waals surface area contributed by atoms with Crippen LogP contribution in [-0.2, 0) is 0 Å². The van der Waals surface area contributed by atoms with E-state index in [0.29, 0.717) is 25.6 Å². The number of rotatable bonds is 6. The Kier molecular flexibility index (Phi) is 6.52. The molecule has 22 heavy (non-hydrogen) atoms. The molecule has 0 bridgehead atoms. The lowest BCUT2D eigenvalue weighted by Gasteiger charge is -2.31. The zero-order valence-electron chi connectivity index (χ0n) is 13.3. The van der Waals surface area contributed by atoms with Crippen LogP contribution in [0.3, 0.4) is 0 Å². The number of nitrogens with one attached hydrogen (secondary N) is 1. The average Bonchev–Trinajstić information content (AvgIpc) is 2.55. The fraction of sp³-hybridized carbons (Fsp3) is 0.588. The van der Waals surface area contributed by atoms with Crippen LogP contribution in [0.15, 0.2) is 24.3 Å². The van der Waals surface area contributed by atoms with Crippen molar-refractivity contribution in [2.24, 2.45) is 5.92 Å². The summed E-state index contributed by atoms with van der Waals surface area (Å²) in [6.07, 6.45) is 3.85. The third kappa shape index (κ3) is 4.91. The van der Waals surface area contributed by atoms with Crippen LogP contribution in [0.4, 0.5) is 10.5 Å². The Morgan fingerprint density at radius 1 is 1.41 bits per heavy atom. The van der Waals surface area contributed by atoms with E-state index in [1.807, 2.05) is 24.3 Å². The summed E-state index contributed by atoms with van der Waals surface area (Å²) in [5, 5.41) is 12.1. The van der Waals surface area contributed by atoms with E-state index in [9.17, 15) is 4.79 Å². The summed E-state index contributed by atoms with van der Waals surface area (Å²) in [5.41, 5.74) is 0.753. The second-order valence-corrected chi connectivity index (χ2v) is 5.77. The van der Waals surface area contributed by atoms with E-state index in [-0.39, 0.29) is 12.6 Å². The molecule has 1 aliphatic heterocycles. The van der Waals surface area contributed by atoms with Crippen molar-refractivity contribution in [1.82, 2.24) is 4.90 Å². The standard InChI is InChI=1S/C17H26N2O3/c1-2-3-11-22-16-6-4-5-15(12-16)18-17(21)19-9-7-14(13-20)8-10-19/h4-6,12,14,20H,2-3,7-11,13H2,1H3,(H,18,21). The van der Waals surface area contributed by atoms with Gasteiger partial charge in [0, 0.05) is 31.5 Å². The molecule has 0 saturated carbocycles. The highest BCUT2D eigenvalue weighted by atomic mass is 16.5. The number of hydrogen-bond acceptors (Lipinski definition) is 3. The van der Waals surface area contributed by atoms with Crippen molar-refractivity contribution < 1.29 is 14.6 Å². The zero-order chi connectivity index (χ0) is 15.8. The van der Waals surface area contributed by atoms with E-state index in [1.54, 1.807) is 4.90 Å². The normalized spacial score (nSPS) is 15.6. The Bertz CT molecular complexity index is 471. The molecule has 1 aliphatic rings. The molecule has 0 unspecified atom stereocenters. The monoisotopic (exact) mass is 306 g/mol. The lowest BCUT2D eigenvalue weighted by molar-refractivity contribution is 0.143. The second kappa shape index (κ2) is 8.63. The number of piperidine rings is 1. The highest BCUT2D eigenvalue weighted by molar-refractivity contribution is 5.89. The largest absolute Gasteiger partial charge is 0.494 e. The van der Waals surface area contributed by atoms with E-state index >= 15 is 0 Å². The maximum absolute atomic E-state index is 12.2. The molecule has 0 aromatic heterocycles. The summed E-state index contributed by atoms with van der Waals surface area (Å²) >= 11 is 0. The third-order valence-electron chi connectivity index (χ3n) is 4.01. The van der Waals surface area contributed by atoms with Crippen LogP contribution in [0, 0.1) is 5.92 Å². The summed E-state index contributed by atoms with van der Waals surface area (Å²) in [4.78, 5) is 14.0. The van der Waals surface area contributed by atoms with Crippen LogP contribution in [0.25, 0.3) is 0 Å². The van der Waals surface area contributed by atoms with Crippen LogP contribution in [-0.4, -0.2) is 42.3 Å². The maximum Gasteiger partial charge on any atom is 0.321 e. The smallest absolute Gasteiger partial charge is 0.321 e. The van der Waals surface area contributed by atoms with E-state index in [2.05, 4.69) is 12.2 Å². The van der Waals surface area contributed by atoms with Gasteiger partial charge in [-0.05, 0) is 37.3 Å². The fourth-order valence-electron chi connectivity index (χ4n) is 2.52. The fourth-order valence-corrected chi connectivity index (χ4v) is 2.52. The summed E-state index contributed by atoms with van der Waals surface area (Å²) in [6.45, 7) is 4.43. The number of hydrogen-bond donors (Lipinski definition) is 2. The summed E-state index contributed by atoms with van der Waals surface area (Å²) in [6, 6.07) is 7.42. The van der Waals surface area contributed by atoms with E-state index < -0.39 is 0 Å². The SMILES string of the molecule is CCCCOc1cccc(NC(=O)N2CCC(CO)CC2)c1. The van der Waals surface area contributed by atoms with Gasteiger partial charge >= 0.3 is 6.03 Å². The van der Waals surface area contributed by atoms with Gasteiger partial charge in [-0.3, -0.25) is 0 Å². The Morgan fingerprint density at radius 2 is 2.18 bits per heavy atom. The van der Waals surface area contributed by atoms with Crippen LogP contribution in [0.1, 0.15) is 32.6 Å². The Balaban J connectivity index is 1.85. The first-order valence-corrected chi connectivity index (χ1v) is 8.12. The number of amides is 2. The highest BCUT2D eigenvalue weighted by Crippen LogP contribution is 2.20. The minimum absolute atomic E-state index is 0.0814. The number of aliphatic hydroxyl groups is 1. The molecular formula is C17H26N2O3. The van der Waals surface area contributed by atoms with Crippen molar-refractivity contribution in [3.05, 3.63) is 24.3 Å². The maximum atomic E-state index is 12.2. The number of nitrogens with zero attached hydrogens (tertiary/aromatic N) is 1. The highest BCUT2D eigenvalue weighted by Gasteiger charge is 2.22. The minimum atomic E-state index is -0.0814. The Labute approximate surface area is 132 Å². The molecule has 0 spiro atoms. The van der Waals surface area contributed by atoms with Crippen LogP contribution >= 0.6 is 0 Å². The first-order chi connectivity index (χ1) is 10.7. The van der Waals surface area contributed by atoms with Gasteiger partial charge in [-0.2, -0.15) is 0 Å². The molecule has 5 nitrogen and oxygen atoms in total. The first kappa shape index (κ1) is 16.6. The zero-order valence-corrected chi connectivity index (χ0v) is 13.3. The van der Waals surface area contributed by atoms with Gasteiger partial charge in [0.2, 0.25) is 0 Å². The molecule has 0 atom stereocenters. The first-order valence-electron chi connectivity index (χ1n) is 8.12. The summed E-state index contributed by atoms with van der Waals surface area (Å²) < 4.78 is 5.65. The lowest BCUT2D eigenvalue weighted by atomic mass is 9.98. The molecule has 2 N–H and O–H groups in total. The number of benzene rings is 1. The lowest BCUT2D eigenvalue weighted by Crippen LogP contribution is -2.41. The Morgan fingerprint density at radius 3 is 2.86 bits per heavy atom. The van der Waals surface area contributed by atoms with Crippen molar-refractivity contribution in [3.63, 3.8) is 0 Å². The molecule has 1 aromatic rings. The molecule has 1 saturated heterocycles. The molecule has 2 amide bonds. The van der Waals surface area contributed by atoms with Gasteiger partial charge in [-0.1, -0.05) is 19.4 Å². The van der Waals surface area contributed by atoms with Gasteiger partial charge in [0.05, 0.1) is 6.61 Å². The predicted molar refractivity (Wildman–Crippen MR) is 87.2 cm³/mol. The number of anilines is 1. The number of aliphatic hydroxyl groups excluding tert-OH is 1. The topological polar surface area (TPSA) is 61.8 Å². The number of carbonyl (C=O) groups excluding carboxylic acids is 1. The van der Waals surface area contributed by atoms with Crippen LogP contribution in [0.2, 0.25) is 0 Å². The van der Waals surface area contributed by atoms with Crippen molar-refractivity contribution in [1.29, 1.82) is 0 Å². The van der Waals surface area contributed by atoms with E-state index in [1.165, 1.54) is 0 Å². The summed E-state index contributed by atoms with van der Waals surface area (Å²) in [7, 11) is 0. The number of ether oxygens (including phenoxy) is 1. The van der Waals surface area contributed by atoms with Crippen molar-refractivity contribution >= 4 is 11.7 Å². The number of likely N-dealkylation sites (tertiary alicyclic amines) is 1. The van der Waals surface area contributed by atoms with E-state index in [0.717, 1.165) is 37.1 Å². The molecule has 0 radical (unpaired) electrons. The number of unbranched alkanes of at least 4 members (excludes halogenated alkanes) is 1. The molecule has 1 heterocycles. The van der Waals surface area contributed by atoms with Gasteiger partial charge in [0.25, 0.3) is 0 Å². The number of carbonyl (C=O) groups is 1. The van der Waals surface area contributed by atoms with Crippen molar-refractivity contribution in [2.45, 2.75) is 32.6 Å². The molecule has 1 aromatic carbocycles. The molecule has 1 fully saturated rings. The quantitative estimate of drug-likeness (QED) is 0.794. The van der Waals surface area contributed by atoms with Gasteiger partial charge in [0.15, 0.2) is 0 Å².